The van der Waals surface area contributed by atoms with Crippen molar-refractivity contribution in [1.82, 2.24) is 15.1 Å². The van der Waals surface area contributed by atoms with Crippen molar-refractivity contribution in [3.8, 4) is 0 Å². The zero-order valence-corrected chi connectivity index (χ0v) is 16.8. The summed E-state index contributed by atoms with van der Waals surface area (Å²) in [4.78, 5) is 28.7. The van der Waals surface area contributed by atoms with E-state index in [4.69, 9.17) is 0 Å². The maximum absolute atomic E-state index is 12.4. The summed E-state index contributed by atoms with van der Waals surface area (Å²) in [5.41, 5.74) is 1.99. The minimum Gasteiger partial charge on any atom is -0.351 e. The summed E-state index contributed by atoms with van der Waals surface area (Å²) in [7, 11) is 1.90. The molecule has 0 aromatic heterocycles. The van der Waals surface area contributed by atoms with Gasteiger partial charge in [0.2, 0.25) is 11.8 Å². The van der Waals surface area contributed by atoms with Crippen LogP contribution in [0.1, 0.15) is 44.7 Å². The van der Waals surface area contributed by atoms with Crippen LogP contribution in [0.3, 0.4) is 0 Å². The van der Waals surface area contributed by atoms with Gasteiger partial charge in [0.1, 0.15) is 0 Å². The van der Waals surface area contributed by atoms with E-state index in [0.29, 0.717) is 13.1 Å². The van der Waals surface area contributed by atoms with Crippen molar-refractivity contribution in [2.45, 2.75) is 53.1 Å². The molecule has 0 aliphatic carbocycles. The number of likely N-dealkylation sites (tertiary alicyclic amines) is 1. The second kappa shape index (κ2) is 8.67. The average Bonchev–Trinajstić information content (AvgIpc) is 2.60. The molecule has 1 N–H and O–H groups in total. The highest BCUT2D eigenvalue weighted by atomic mass is 16.2. The number of aryl methyl sites for hydroxylation is 1. The molecule has 1 saturated heterocycles. The SMILES string of the molecule is Cc1ccc(CNC(=O)CN2CCC(N(C)C(=O)C(C)(C)C)CC2)cc1. The molecule has 2 amide bonds. The summed E-state index contributed by atoms with van der Waals surface area (Å²) in [5.74, 6) is 0.245. The van der Waals surface area contributed by atoms with Crippen molar-refractivity contribution >= 4 is 11.8 Å². The fourth-order valence-corrected chi connectivity index (χ4v) is 3.33. The van der Waals surface area contributed by atoms with E-state index in [9.17, 15) is 9.59 Å². The molecule has 0 spiro atoms. The van der Waals surface area contributed by atoms with Gasteiger partial charge >= 0.3 is 0 Å². The molecule has 1 aromatic carbocycles. The molecule has 0 bridgehead atoms. The van der Waals surface area contributed by atoms with Crippen LogP contribution >= 0.6 is 0 Å². The number of nitrogens with one attached hydrogen (secondary N) is 1. The molecule has 0 atom stereocenters. The lowest BCUT2D eigenvalue weighted by atomic mass is 9.92. The lowest BCUT2D eigenvalue weighted by Gasteiger charge is -2.38. The lowest BCUT2D eigenvalue weighted by molar-refractivity contribution is -0.141. The van der Waals surface area contributed by atoms with Crippen LogP contribution in [0.5, 0.6) is 0 Å². The summed E-state index contributed by atoms with van der Waals surface area (Å²) < 4.78 is 0. The van der Waals surface area contributed by atoms with Gasteiger partial charge < -0.3 is 10.2 Å². The zero-order valence-electron chi connectivity index (χ0n) is 16.8. The number of hydrogen-bond acceptors (Lipinski definition) is 3. The Morgan fingerprint density at radius 3 is 2.27 bits per heavy atom. The van der Waals surface area contributed by atoms with Crippen molar-refractivity contribution in [3.63, 3.8) is 0 Å². The molecule has 1 aliphatic heterocycles. The third-order valence-corrected chi connectivity index (χ3v) is 5.04. The van der Waals surface area contributed by atoms with E-state index in [1.165, 1.54) is 5.56 Å². The topological polar surface area (TPSA) is 52.7 Å². The summed E-state index contributed by atoms with van der Waals surface area (Å²) >= 11 is 0. The van der Waals surface area contributed by atoms with Crippen LogP contribution in [0.25, 0.3) is 0 Å². The van der Waals surface area contributed by atoms with E-state index in [-0.39, 0.29) is 23.3 Å². The third-order valence-electron chi connectivity index (χ3n) is 5.04. The van der Waals surface area contributed by atoms with Crippen LogP contribution < -0.4 is 5.32 Å². The molecule has 1 aromatic rings. The predicted molar refractivity (Wildman–Crippen MR) is 105 cm³/mol. The normalized spacial score (nSPS) is 16.3. The Balaban J connectivity index is 1.73. The first-order chi connectivity index (χ1) is 12.2. The molecule has 5 nitrogen and oxygen atoms in total. The Bertz CT molecular complexity index is 611. The number of carbonyl (C=O) groups excluding carboxylic acids is 2. The van der Waals surface area contributed by atoms with Gasteiger partial charge in [0.15, 0.2) is 0 Å². The molecule has 0 radical (unpaired) electrons. The number of hydrogen-bond donors (Lipinski definition) is 1. The highest BCUT2D eigenvalue weighted by molar-refractivity contribution is 5.81. The lowest BCUT2D eigenvalue weighted by Crippen LogP contribution is -2.50. The highest BCUT2D eigenvalue weighted by Crippen LogP contribution is 2.22. The molecule has 1 heterocycles. The van der Waals surface area contributed by atoms with Crippen molar-refractivity contribution in [3.05, 3.63) is 35.4 Å². The molecule has 5 heteroatoms. The van der Waals surface area contributed by atoms with E-state index < -0.39 is 0 Å². The van der Waals surface area contributed by atoms with Gasteiger partial charge in [-0.1, -0.05) is 50.6 Å². The van der Waals surface area contributed by atoms with Gasteiger partial charge in [-0.05, 0) is 25.3 Å². The highest BCUT2D eigenvalue weighted by Gasteiger charge is 2.31. The summed E-state index contributed by atoms with van der Waals surface area (Å²) in [6.07, 6.45) is 1.84. The molecule has 1 aliphatic rings. The minimum absolute atomic E-state index is 0.0585. The van der Waals surface area contributed by atoms with Crippen LogP contribution in [0, 0.1) is 12.3 Å². The van der Waals surface area contributed by atoms with Crippen molar-refractivity contribution < 1.29 is 9.59 Å². The number of piperidine rings is 1. The first-order valence-electron chi connectivity index (χ1n) is 9.48. The average molecular weight is 360 g/mol. The first kappa shape index (κ1) is 20.4. The van der Waals surface area contributed by atoms with Crippen LogP contribution in [0.15, 0.2) is 24.3 Å². The Morgan fingerprint density at radius 2 is 1.73 bits per heavy atom. The minimum atomic E-state index is -0.345. The molecule has 0 saturated carbocycles. The Morgan fingerprint density at radius 1 is 1.15 bits per heavy atom. The fraction of sp³-hybridized carbons (Fsp3) is 0.619. The smallest absolute Gasteiger partial charge is 0.234 e. The van der Waals surface area contributed by atoms with Crippen LogP contribution in [0.2, 0.25) is 0 Å². The number of carbonyl (C=O) groups is 2. The van der Waals surface area contributed by atoms with Gasteiger partial charge in [0, 0.05) is 38.1 Å². The van der Waals surface area contributed by atoms with Gasteiger partial charge in [-0.15, -0.1) is 0 Å². The van der Waals surface area contributed by atoms with Crippen LogP contribution in [-0.4, -0.2) is 54.3 Å². The zero-order chi connectivity index (χ0) is 19.3. The largest absolute Gasteiger partial charge is 0.351 e. The van der Waals surface area contributed by atoms with Crippen molar-refractivity contribution in [1.29, 1.82) is 0 Å². The fourth-order valence-electron chi connectivity index (χ4n) is 3.33. The Kier molecular flexibility index (Phi) is 6.81. The van der Waals surface area contributed by atoms with Crippen molar-refractivity contribution in [2.75, 3.05) is 26.7 Å². The number of benzene rings is 1. The van der Waals surface area contributed by atoms with Crippen LogP contribution in [-0.2, 0) is 16.1 Å². The first-order valence-corrected chi connectivity index (χ1v) is 9.48. The number of rotatable bonds is 5. The van der Waals surface area contributed by atoms with Gasteiger partial charge in [-0.2, -0.15) is 0 Å². The van der Waals surface area contributed by atoms with E-state index in [2.05, 4.69) is 29.3 Å². The summed E-state index contributed by atoms with van der Waals surface area (Å²) in [5, 5.41) is 2.99. The maximum atomic E-state index is 12.4. The molecule has 2 rings (SSSR count). The molecular weight excluding hydrogens is 326 g/mol. The van der Waals surface area contributed by atoms with E-state index in [1.54, 1.807) is 0 Å². The summed E-state index contributed by atoms with van der Waals surface area (Å²) in [6.45, 7) is 10.6. The van der Waals surface area contributed by atoms with Crippen LogP contribution in [0.4, 0.5) is 0 Å². The van der Waals surface area contributed by atoms with E-state index >= 15 is 0 Å². The second-order valence-electron chi connectivity index (χ2n) is 8.44. The molecule has 144 valence electrons. The molecule has 26 heavy (non-hydrogen) atoms. The predicted octanol–water partition coefficient (Wildman–Crippen LogP) is 2.58. The molecule has 1 fully saturated rings. The number of amides is 2. The standard InChI is InChI=1S/C21H33N3O2/c1-16-6-8-17(9-7-16)14-22-19(25)15-24-12-10-18(11-13-24)23(5)20(26)21(2,3)4/h6-9,18H,10-15H2,1-5H3,(H,22,25). The quantitative estimate of drug-likeness (QED) is 0.879. The van der Waals surface area contributed by atoms with E-state index in [1.807, 2.05) is 44.9 Å². The second-order valence-corrected chi connectivity index (χ2v) is 8.44. The van der Waals surface area contributed by atoms with Gasteiger partial charge in [-0.25, -0.2) is 0 Å². The van der Waals surface area contributed by atoms with Gasteiger partial charge in [0.05, 0.1) is 6.54 Å². The third kappa shape index (κ3) is 5.84. The molecule has 0 unspecified atom stereocenters. The van der Waals surface area contributed by atoms with Gasteiger partial charge in [0.25, 0.3) is 0 Å². The maximum Gasteiger partial charge on any atom is 0.234 e. The molecular formula is C21H33N3O2. The Labute approximate surface area is 157 Å². The van der Waals surface area contributed by atoms with Crippen molar-refractivity contribution in [2.24, 2.45) is 5.41 Å². The van der Waals surface area contributed by atoms with Gasteiger partial charge in [-0.3, -0.25) is 14.5 Å². The monoisotopic (exact) mass is 359 g/mol. The Hall–Kier alpha value is -1.88. The summed E-state index contributed by atoms with van der Waals surface area (Å²) in [6, 6.07) is 8.48. The van der Waals surface area contributed by atoms with E-state index in [0.717, 1.165) is 31.5 Å². The number of nitrogens with zero attached hydrogens (tertiary/aromatic N) is 2.